The third-order valence-corrected chi connectivity index (χ3v) is 3.29. The number of hydrogen-bond acceptors (Lipinski definition) is 7. The molecule has 2 aromatic rings. The molecule has 1 unspecified atom stereocenters. The molecule has 0 bridgehead atoms. The van der Waals surface area contributed by atoms with Gasteiger partial charge in [-0.25, -0.2) is 14.4 Å². The molecule has 0 aliphatic carbocycles. The van der Waals surface area contributed by atoms with Gasteiger partial charge in [0.05, 0.1) is 30.3 Å². The summed E-state index contributed by atoms with van der Waals surface area (Å²) in [7, 11) is 0. The average Bonchev–Trinajstić information content (AvgIpc) is 2.52. The fraction of sp³-hybridized carbons (Fsp3) is 0.312. The molecule has 126 valence electrons. The monoisotopic (exact) mass is 331 g/mol. The van der Waals surface area contributed by atoms with Gasteiger partial charge in [-0.05, 0) is 13.3 Å². The molecule has 7 nitrogen and oxygen atoms in total. The first-order valence-corrected chi connectivity index (χ1v) is 7.43. The quantitative estimate of drug-likeness (QED) is 0.753. The number of Topliss-reactive ketones (excluding diaryl/α,β-unsaturated/α-hetero) is 2. The average molecular weight is 331 g/mol. The molecule has 8 heteroatoms. The molecule has 0 fully saturated rings. The summed E-state index contributed by atoms with van der Waals surface area (Å²) in [6.07, 6.45) is 4.44. The maximum atomic E-state index is 13.3. The largest absolute Gasteiger partial charge is 0.359 e. The second-order valence-corrected chi connectivity index (χ2v) is 5.24. The Labute approximate surface area is 138 Å². The number of aromatic nitrogens is 3. The lowest BCUT2D eigenvalue weighted by molar-refractivity contribution is -0.117. The molecule has 2 aromatic heterocycles. The molecule has 2 rings (SSSR count). The maximum absolute atomic E-state index is 13.3. The van der Waals surface area contributed by atoms with Gasteiger partial charge in [0.2, 0.25) is 0 Å². The molecule has 0 aliphatic rings. The lowest BCUT2D eigenvalue weighted by atomic mass is 10.1. The molecule has 0 aliphatic heterocycles. The number of anilines is 3. The van der Waals surface area contributed by atoms with Gasteiger partial charge in [-0.1, -0.05) is 6.92 Å². The topological polar surface area (TPSA) is 96.9 Å². The van der Waals surface area contributed by atoms with E-state index in [1.54, 1.807) is 0 Å². The van der Waals surface area contributed by atoms with Crippen molar-refractivity contribution in [1.82, 2.24) is 15.0 Å². The Morgan fingerprint density at radius 3 is 2.58 bits per heavy atom. The summed E-state index contributed by atoms with van der Waals surface area (Å²) >= 11 is 0. The van der Waals surface area contributed by atoms with Crippen LogP contribution in [0.4, 0.5) is 21.7 Å². The van der Waals surface area contributed by atoms with E-state index in [1.807, 2.05) is 6.92 Å². The van der Waals surface area contributed by atoms with Gasteiger partial charge in [0, 0.05) is 13.0 Å². The molecule has 24 heavy (non-hydrogen) atoms. The number of hydrogen-bond donors (Lipinski definition) is 2. The van der Waals surface area contributed by atoms with Gasteiger partial charge in [0.15, 0.2) is 17.4 Å². The van der Waals surface area contributed by atoms with E-state index in [4.69, 9.17) is 0 Å². The van der Waals surface area contributed by atoms with Crippen LogP contribution in [0.25, 0.3) is 0 Å². The Kier molecular flexibility index (Phi) is 5.51. The number of pyridine rings is 1. The number of ketones is 2. The van der Waals surface area contributed by atoms with Crippen molar-refractivity contribution in [3.8, 4) is 0 Å². The van der Waals surface area contributed by atoms with Gasteiger partial charge in [-0.3, -0.25) is 14.6 Å². The number of nitrogens with zero attached hydrogens (tertiary/aromatic N) is 3. The highest BCUT2D eigenvalue weighted by Crippen LogP contribution is 2.20. The van der Waals surface area contributed by atoms with Crippen molar-refractivity contribution >= 4 is 28.9 Å². The van der Waals surface area contributed by atoms with Gasteiger partial charge < -0.3 is 10.6 Å². The third-order valence-electron chi connectivity index (χ3n) is 3.29. The minimum absolute atomic E-state index is 0.0289. The second kappa shape index (κ2) is 7.58. The van der Waals surface area contributed by atoms with Crippen molar-refractivity contribution in [3.05, 3.63) is 36.2 Å². The third kappa shape index (κ3) is 4.31. The van der Waals surface area contributed by atoms with E-state index < -0.39 is 11.9 Å². The zero-order valence-corrected chi connectivity index (χ0v) is 13.6. The Hall–Kier alpha value is -2.90. The van der Waals surface area contributed by atoms with Gasteiger partial charge in [-0.2, -0.15) is 0 Å². The second-order valence-electron chi connectivity index (χ2n) is 5.24. The van der Waals surface area contributed by atoms with E-state index in [-0.39, 0.29) is 23.1 Å². The van der Waals surface area contributed by atoms with E-state index in [0.717, 1.165) is 6.20 Å². The van der Waals surface area contributed by atoms with E-state index in [1.165, 1.54) is 32.3 Å². The summed E-state index contributed by atoms with van der Waals surface area (Å²) in [6.45, 7) is 4.71. The summed E-state index contributed by atoms with van der Waals surface area (Å²) in [5, 5.41) is 5.80. The van der Waals surface area contributed by atoms with Crippen molar-refractivity contribution in [1.29, 1.82) is 0 Å². The Bertz CT molecular complexity index is 766. The number of nitrogens with one attached hydrogen (secondary N) is 2. The highest BCUT2D eigenvalue weighted by molar-refractivity contribution is 5.97. The molecule has 0 spiro atoms. The predicted molar refractivity (Wildman–Crippen MR) is 87.9 cm³/mol. The number of rotatable bonds is 7. The normalized spacial score (nSPS) is 11.7. The molecule has 2 N–H and O–H groups in total. The molecule has 2 heterocycles. The minimum Gasteiger partial charge on any atom is -0.359 e. The van der Waals surface area contributed by atoms with Crippen LogP contribution in [0, 0.1) is 5.82 Å². The summed E-state index contributed by atoms with van der Waals surface area (Å²) in [5.74, 6) is -0.334. The minimum atomic E-state index is -0.519. The summed E-state index contributed by atoms with van der Waals surface area (Å²) in [6, 6.07) is 0.828. The predicted octanol–water partition coefficient (Wildman–Crippen LogP) is 2.74. The van der Waals surface area contributed by atoms with E-state index in [9.17, 15) is 14.0 Å². The molecule has 0 aromatic carbocycles. The fourth-order valence-electron chi connectivity index (χ4n) is 2.09. The van der Waals surface area contributed by atoms with Crippen LogP contribution in [0.15, 0.2) is 24.7 Å². The van der Waals surface area contributed by atoms with Crippen molar-refractivity contribution in [2.24, 2.45) is 0 Å². The molecule has 1 atom stereocenters. The molecular formula is C16H18FN5O2. The van der Waals surface area contributed by atoms with Gasteiger partial charge in [0.25, 0.3) is 0 Å². The smallest absolute Gasteiger partial charge is 0.181 e. The molecular weight excluding hydrogens is 313 g/mol. The van der Waals surface area contributed by atoms with E-state index >= 15 is 0 Å². The Morgan fingerprint density at radius 2 is 2.00 bits per heavy atom. The van der Waals surface area contributed by atoms with Crippen LogP contribution in [-0.4, -0.2) is 32.6 Å². The zero-order chi connectivity index (χ0) is 17.7. The van der Waals surface area contributed by atoms with Crippen LogP contribution in [-0.2, 0) is 4.79 Å². The molecule has 0 amide bonds. The molecule has 0 saturated heterocycles. The summed E-state index contributed by atoms with van der Waals surface area (Å²) < 4.78 is 13.3. The van der Waals surface area contributed by atoms with E-state index in [2.05, 4.69) is 25.6 Å². The summed E-state index contributed by atoms with van der Waals surface area (Å²) in [4.78, 5) is 35.3. The van der Waals surface area contributed by atoms with Crippen molar-refractivity contribution in [2.75, 3.05) is 10.6 Å². The van der Waals surface area contributed by atoms with E-state index in [0.29, 0.717) is 17.9 Å². The highest BCUT2D eigenvalue weighted by atomic mass is 19.1. The van der Waals surface area contributed by atoms with Crippen molar-refractivity contribution in [3.63, 3.8) is 0 Å². The van der Waals surface area contributed by atoms with Crippen LogP contribution < -0.4 is 10.6 Å². The van der Waals surface area contributed by atoms with Crippen LogP contribution in [0.1, 0.15) is 37.7 Å². The number of halogens is 1. The molecule has 0 radical (unpaired) electrons. The standard InChI is InChI=1S/C16H18FN5O2/c1-4-13(9(2)23)21-14-8-19-15(10(3)24)16(22-14)20-12-5-11(17)6-18-7-12/h5-8,13H,4H2,1-3H3,(H2,20,21,22). The zero-order valence-electron chi connectivity index (χ0n) is 13.6. The lowest BCUT2D eigenvalue weighted by Crippen LogP contribution is -2.27. The molecule has 0 saturated carbocycles. The van der Waals surface area contributed by atoms with Gasteiger partial charge in [-0.15, -0.1) is 0 Å². The van der Waals surface area contributed by atoms with Crippen LogP contribution in [0.3, 0.4) is 0 Å². The summed E-state index contributed by atoms with van der Waals surface area (Å²) in [5.41, 5.74) is 0.447. The van der Waals surface area contributed by atoms with Gasteiger partial charge in [0.1, 0.15) is 17.3 Å². The first-order chi connectivity index (χ1) is 11.4. The van der Waals surface area contributed by atoms with Gasteiger partial charge >= 0.3 is 0 Å². The first-order valence-electron chi connectivity index (χ1n) is 7.43. The maximum Gasteiger partial charge on any atom is 0.181 e. The van der Waals surface area contributed by atoms with Crippen molar-refractivity contribution in [2.45, 2.75) is 33.2 Å². The van der Waals surface area contributed by atoms with Crippen LogP contribution >= 0.6 is 0 Å². The van der Waals surface area contributed by atoms with Crippen molar-refractivity contribution < 1.29 is 14.0 Å². The Balaban J connectivity index is 2.34. The Morgan fingerprint density at radius 1 is 1.25 bits per heavy atom. The SMILES string of the molecule is CCC(Nc1cnc(C(C)=O)c(Nc2cncc(F)c2)n1)C(C)=O. The number of carbonyl (C=O) groups is 2. The highest BCUT2D eigenvalue weighted by Gasteiger charge is 2.16. The number of carbonyl (C=O) groups excluding carboxylic acids is 2. The fourth-order valence-corrected chi connectivity index (χ4v) is 2.09. The van der Waals surface area contributed by atoms with Crippen LogP contribution in [0.5, 0.6) is 0 Å². The van der Waals surface area contributed by atoms with Crippen LogP contribution in [0.2, 0.25) is 0 Å². The first kappa shape index (κ1) is 17.5. The lowest BCUT2D eigenvalue weighted by Gasteiger charge is -2.16.